The minimum Gasteiger partial charge on any atom is -0.468 e. The molecule has 0 amide bonds. The molecule has 1 aliphatic rings. The number of likely N-dealkylation sites (tertiary alicyclic amines) is 1. The number of benzene rings is 1. The van der Waals surface area contributed by atoms with Crippen molar-refractivity contribution in [3.8, 4) is 0 Å². The van der Waals surface area contributed by atoms with E-state index >= 15 is 0 Å². The van der Waals surface area contributed by atoms with Crippen LogP contribution in [0.25, 0.3) is 10.9 Å². The molecule has 4 heterocycles. The maximum Gasteiger partial charge on any atom is 0.252 e. The summed E-state index contributed by atoms with van der Waals surface area (Å²) in [6.07, 6.45) is 3.33. The van der Waals surface area contributed by atoms with E-state index in [1.54, 1.807) is 13.4 Å². The Hall–Kier alpha value is -3.34. The molecule has 0 bridgehead atoms. The maximum absolute atomic E-state index is 13.2. The minimum absolute atomic E-state index is 0.0853. The van der Waals surface area contributed by atoms with Crippen LogP contribution in [-0.2, 0) is 29.9 Å². The van der Waals surface area contributed by atoms with E-state index in [-0.39, 0.29) is 5.56 Å². The number of nitrogens with one attached hydrogen (secondary N) is 1. The zero-order chi connectivity index (χ0) is 25.1. The molecule has 10 heteroatoms. The summed E-state index contributed by atoms with van der Waals surface area (Å²) in [5.41, 5.74) is 2.12. The van der Waals surface area contributed by atoms with Crippen LogP contribution in [0.3, 0.4) is 0 Å². The molecule has 0 spiro atoms. The van der Waals surface area contributed by atoms with E-state index in [0.717, 1.165) is 54.0 Å². The van der Waals surface area contributed by atoms with Crippen LogP contribution < -0.4 is 5.56 Å². The normalized spacial score (nSPS) is 16.2. The number of H-pyrrole nitrogens is 1. The zero-order valence-electron chi connectivity index (χ0n) is 21.1. The van der Waals surface area contributed by atoms with Crippen LogP contribution in [0.5, 0.6) is 0 Å². The lowest BCUT2D eigenvalue weighted by Gasteiger charge is -2.47. The highest BCUT2D eigenvalue weighted by molar-refractivity contribution is 5.79. The molecule has 190 valence electrons. The van der Waals surface area contributed by atoms with Crippen LogP contribution in [-0.4, -0.2) is 68.8 Å². The van der Waals surface area contributed by atoms with Gasteiger partial charge < -0.3 is 19.0 Å². The first-order valence-electron chi connectivity index (χ1n) is 12.3. The highest BCUT2D eigenvalue weighted by Gasteiger charge is 2.45. The monoisotopic (exact) mass is 491 g/mol. The Morgan fingerprint density at radius 2 is 2.03 bits per heavy atom. The summed E-state index contributed by atoms with van der Waals surface area (Å²) >= 11 is 0. The number of nitrogens with zero attached hydrogens (tertiary/aromatic N) is 6. The van der Waals surface area contributed by atoms with Crippen LogP contribution in [0.4, 0.5) is 0 Å². The number of aromatic amines is 1. The van der Waals surface area contributed by atoms with Crippen LogP contribution in [0.15, 0.2) is 51.9 Å². The van der Waals surface area contributed by atoms with Crippen molar-refractivity contribution in [2.24, 2.45) is 0 Å². The van der Waals surface area contributed by atoms with Crippen molar-refractivity contribution in [3.63, 3.8) is 0 Å². The van der Waals surface area contributed by atoms with E-state index in [1.165, 1.54) is 0 Å². The second-order valence-corrected chi connectivity index (χ2v) is 9.70. The molecule has 0 saturated carbocycles. The zero-order valence-corrected chi connectivity index (χ0v) is 21.1. The third-order valence-corrected chi connectivity index (χ3v) is 7.24. The number of ether oxygens (including phenoxy) is 1. The van der Waals surface area contributed by atoms with Gasteiger partial charge in [0.05, 0.1) is 31.5 Å². The Morgan fingerprint density at radius 3 is 2.78 bits per heavy atom. The molecular weight excluding hydrogens is 458 g/mol. The van der Waals surface area contributed by atoms with Gasteiger partial charge in [0.2, 0.25) is 0 Å². The lowest BCUT2D eigenvalue weighted by molar-refractivity contribution is -0.00458. The Bertz CT molecular complexity index is 1350. The van der Waals surface area contributed by atoms with Crippen molar-refractivity contribution in [2.75, 3.05) is 33.9 Å². The molecule has 4 aromatic rings. The Balaban J connectivity index is 1.60. The van der Waals surface area contributed by atoms with E-state index in [9.17, 15) is 4.79 Å². The quantitative estimate of drug-likeness (QED) is 0.381. The topological polar surface area (TPSA) is 105 Å². The molecule has 1 N–H and O–H groups in total. The van der Waals surface area contributed by atoms with Crippen LogP contribution in [0.1, 0.15) is 35.6 Å². The van der Waals surface area contributed by atoms with Gasteiger partial charge in [0.25, 0.3) is 5.56 Å². The summed E-state index contributed by atoms with van der Waals surface area (Å²) in [6.45, 7) is 5.86. The fraction of sp³-hybridized carbons (Fsp3) is 0.462. The molecule has 1 aromatic carbocycles. The largest absolute Gasteiger partial charge is 0.468 e. The van der Waals surface area contributed by atoms with Gasteiger partial charge in [-0.1, -0.05) is 11.6 Å². The summed E-state index contributed by atoms with van der Waals surface area (Å²) in [4.78, 5) is 20.9. The number of furan rings is 1. The van der Waals surface area contributed by atoms with Gasteiger partial charge in [-0.3, -0.25) is 9.69 Å². The van der Waals surface area contributed by atoms with Crippen molar-refractivity contribution in [3.05, 3.63) is 75.7 Å². The number of piperidine rings is 1. The number of rotatable bonds is 9. The first kappa shape index (κ1) is 24.4. The fourth-order valence-electron chi connectivity index (χ4n) is 5.18. The molecule has 1 saturated heterocycles. The van der Waals surface area contributed by atoms with E-state index in [4.69, 9.17) is 9.15 Å². The number of aryl methyl sites for hydroxylation is 1. The molecule has 0 aliphatic carbocycles. The highest BCUT2D eigenvalue weighted by atomic mass is 16.5. The average molecular weight is 492 g/mol. The maximum atomic E-state index is 13.2. The Labute approximate surface area is 209 Å². The van der Waals surface area contributed by atoms with Gasteiger partial charge >= 0.3 is 0 Å². The van der Waals surface area contributed by atoms with Crippen molar-refractivity contribution >= 4 is 10.9 Å². The summed E-state index contributed by atoms with van der Waals surface area (Å²) in [7, 11) is 3.80. The summed E-state index contributed by atoms with van der Waals surface area (Å²) < 4.78 is 12.9. The first-order chi connectivity index (χ1) is 17.5. The second-order valence-electron chi connectivity index (χ2n) is 9.70. The van der Waals surface area contributed by atoms with Gasteiger partial charge in [0, 0.05) is 37.8 Å². The second kappa shape index (κ2) is 10.3. The first-order valence-corrected chi connectivity index (χ1v) is 12.3. The van der Waals surface area contributed by atoms with Gasteiger partial charge in [-0.25, -0.2) is 4.68 Å². The minimum atomic E-state index is -0.482. The van der Waals surface area contributed by atoms with Crippen molar-refractivity contribution in [2.45, 2.75) is 44.9 Å². The molecule has 1 fully saturated rings. The summed E-state index contributed by atoms with van der Waals surface area (Å²) in [5.74, 6) is 1.63. The third kappa shape index (κ3) is 4.84. The smallest absolute Gasteiger partial charge is 0.252 e. The van der Waals surface area contributed by atoms with Crippen molar-refractivity contribution < 1.29 is 9.15 Å². The van der Waals surface area contributed by atoms with E-state index < -0.39 is 5.54 Å². The van der Waals surface area contributed by atoms with Gasteiger partial charge in [-0.15, -0.1) is 5.10 Å². The van der Waals surface area contributed by atoms with Gasteiger partial charge in [-0.2, -0.15) is 0 Å². The molecule has 1 aliphatic heterocycles. The van der Waals surface area contributed by atoms with Crippen LogP contribution in [0.2, 0.25) is 0 Å². The molecule has 5 rings (SSSR count). The molecule has 0 unspecified atom stereocenters. The van der Waals surface area contributed by atoms with Crippen molar-refractivity contribution in [1.29, 1.82) is 0 Å². The Kier molecular flexibility index (Phi) is 6.99. The molecular formula is C26H33N7O3. The predicted molar refractivity (Wildman–Crippen MR) is 135 cm³/mol. The lowest BCUT2D eigenvalue weighted by atomic mass is 9.84. The van der Waals surface area contributed by atoms with E-state index in [2.05, 4.69) is 50.3 Å². The molecule has 3 aromatic heterocycles. The third-order valence-electron chi connectivity index (χ3n) is 7.24. The van der Waals surface area contributed by atoms with Gasteiger partial charge in [0.15, 0.2) is 5.82 Å². The fourth-order valence-corrected chi connectivity index (χ4v) is 5.18. The summed E-state index contributed by atoms with van der Waals surface area (Å²) in [6, 6.07) is 11.9. The number of hydrogen-bond donors (Lipinski definition) is 1. The number of hydrogen-bond acceptors (Lipinski definition) is 8. The number of tetrazole rings is 1. The SMILES string of the molecule is COCCn1nnnc1C1(N(Cc2ccco2)Cc2cc3cc(C)ccc3[nH]c2=O)CCN(C)CC1. The molecule has 0 radical (unpaired) electrons. The van der Waals surface area contributed by atoms with Crippen molar-refractivity contribution in [1.82, 2.24) is 35.0 Å². The number of pyridine rings is 1. The molecule has 10 nitrogen and oxygen atoms in total. The van der Waals surface area contributed by atoms with Crippen LogP contribution >= 0.6 is 0 Å². The average Bonchev–Trinajstić information content (AvgIpc) is 3.56. The van der Waals surface area contributed by atoms with E-state index in [0.29, 0.717) is 31.8 Å². The highest BCUT2D eigenvalue weighted by Crippen LogP contribution is 2.39. The van der Waals surface area contributed by atoms with Gasteiger partial charge in [-0.05, 0) is 73.0 Å². The number of aromatic nitrogens is 5. The lowest BCUT2D eigenvalue weighted by Crippen LogP contribution is -2.53. The predicted octanol–water partition coefficient (Wildman–Crippen LogP) is 2.69. The number of methoxy groups -OCH3 is 1. The van der Waals surface area contributed by atoms with Gasteiger partial charge in [0.1, 0.15) is 5.76 Å². The van der Waals surface area contributed by atoms with E-state index in [1.807, 2.05) is 35.0 Å². The molecule has 36 heavy (non-hydrogen) atoms. The number of fused-ring (bicyclic) bond motifs is 1. The summed E-state index contributed by atoms with van der Waals surface area (Å²) in [5, 5.41) is 13.9. The van der Waals surface area contributed by atoms with Crippen LogP contribution in [0, 0.1) is 6.92 Å². The molecule has 0 atom stereocenters. The standard InChI is InChI=1S/C26H33N7O3/c1-19-6-7-23-20(15-19)16-21(24(34)27-23)17-32(18-22-5-4-13-36-22)26(8-10-31(2)11-9-26)25-28-29-30-33(25)12-14-35-3/h4-7,13,15-16H,8-12,14,17-18H2,1-3H3,(H,27,34). The Morgan fingerprint density at radius 1 is 1.19 bits per heavy atom.